The highest BCUT2D eigenvalue weighted by Gasteiger charge is 2.12. The molecule has 2 N–H and O–H groups in total. The fraction of sp³-hybridized carbons (Fsp3) is 0.438. The van der Waals surface area contributed by atoms with Crippen molar-refractivity contribution in [3.63, 3.8) is 0 Å². The summed E-state index contributed by atoms with van der Waals surface area (Å²) in [5, 5.41) is 12.5. The minimum Gasteiger partial charge on any atom is -0.391 e. The Labute approximate surface area is 115 Å². The van der Waals surface area contributed by atoms with Gasteiger partial charge in [-0.2, -0.15) is 0 Å². The van der Waals surface area contributed by atoms with Gasteiger partial charge < -0.3 is 10.4 Å². The van der Waals surface area contributed by atoms with Crippen molar-refractivity contribution in [3.8, 4) is 0 Å². The third-order valence-electron chi connectivity index (χ3n) is 3.26. The van der Waals surface area contributed by atoms with Crippen molar-refractivity contribution in [3.05, 3.63) is 41.5 Å². The zero-order valence-corrected chi connectivity index (χ0v) is 11.9. The Bertz CT molecular complexity index is 440. The molecule has 0 bridgehead atoms. The van der Waals surface area contributed by atoms with Crippen molar-refractivity contribution in [1.29, 1.82) is 0 Å². The van der Waals surface area contributed by atoms with Crippen LogP contribution in [0.3, 0.4) is 0 Å². The lowest BCUT2D eigenvalue weighted by Gasteiger charge is -2.16. The van der Waals surface area contributed by atoms with Gasteiger partial charge in [0.2, 0.25) is 5.91 Å². The summed E-state index contributed by atoms with van der Waals surface area (Å²) in [7, 11) is 0. The summed E-state index contributed by atoms with van der Waals surface area (Å²) < 4.78 is 0. The molecular formula is C16H23NO2. The number of carbonyl (C=O) groups is 1. The van der Waals surface area contributed by atoms with Gasteiger partial charge in [0.1, 0.15) is 0 Å². The van der Waals surface area contributed by atoms with E-state index in [0.717, 1.165) is 17.5 Å². The summed E-state index contributed by atoms with van der Waals surface area (Å²) >= 11 is 0. The highest BCUT2D eigenvalue weighted by molar-refractivity contribution is 5.91. The zero-order valence-electron chi connectivity index (χ0n) is 11.9. The van der Waals surface area contributed by atoms with Crippen LogP contribution in [0.15, 0.2) is 30.3 Å². The summed E-state index contributed by atoms with van der Waals surface area (Å²) in [6.07, 6.45) is 3.69. The van der Waals surface area contributed by atoms with Crippen LogP contribution < -0.4 is 5.32 Å². The first-order valence-electron chi connectivity index (χ1n) is 6.73. The van der Waals surface area contributed by atoms with Crippen LogP contribution in [0.25, 0.3) is 6.08 Å². The Kier molecular flexibility index (Phi) is 6.30. The van der Waals surface area contributed by atoms with Crippen LogP contribution in [0.2, 0.25) is 0 Å². The van der Waals surface area contributed by atoms with E-state index in [-0.39, 0.29) is 11.8 Å². The average molecular weight is 261 g/mol. The molecule has 0 aliphatic rings. The normalized spacial score (nSPS) is 14.3. The molecule has 3 nitrogen and oxygen atoms in total. The van der Waals surface area contributed by atoms with Crippen molar-refractivity contribution in [1.82, 2.24) is 5.32 Å². The molecule has 0 aliphatic carbocycles. The van der Waals surface area contributed by atoms with Crippen molar-refractivity contribution in [2.75, 3.05) is 6.54 Å². The molecular weight excluding hydrogens is 238 g/mol. The van der Waals surface area contributed by atoms with Crippen LogP contribution >= 0.6 is 0 Å². The first-order chi connectivity index (χ1) is 9.02. The molecule has 0 saturated heterocycles. The second-order valence-corrected chi connectivity index (χ2v) is 4.95. The highest BCUT2D eigenvalue weighted by Crippen LogP contribution is 2.07. The van der Waals surface area contributed by atoms with E-state index in [0.29, 0.717) is 6.54 Å². The van der Waals surface area contributed by atoms with Gasteiger partial charge in [-0.05, 0) is 24.5 Å². The number of amides is 1. The van der Waals surface area contributed by atoms with Gasteiger partial charge in [0.15, 0.2) is 0 Å². The largest absolute Gasteiger partial charge is 0.391 e. The van der Waals surface area contributed by atoms with Gasteiger partial charge in [0, 0.05) is 12.6 Å². The Hall–Kier alpha value is -1.61. The lowest BCUT2D eigenvalue weighted by molar-refractivity contribution is -0.117. The molecule has 0 fully saturated rings. The summed E-state index contributed by atoms with van der Waals surface area (Å²) in [4.78, 5) is 11.6. The Balaban J connectivity index is 2.43. The molecule has 19 heavy (non-hydrogen) atoms. The number of carbonyl (C=O) groups excluding carboxylic acids is 1. The average Bonchev–Trinajstić information content (AvgIpc) is 2.41. The minimum absolute atomic E-state index is 0.177. The lowest BCUT2D eigenvalue weighted by atomic mass is 10.0. The van der Waals surface area contributed by atoms with E-state index < -0.39 is 6.10 Å². The summed E-state index contributed by atoms with van der Waals surface area (Å²) in [6.45, 7) is 6.30. The third kappa shape index (κ3) is 5.71. The molecule has 3 heteroatoms. The number of hydrogen-bond acceptors (Lipinski definition) is 2. The van der Waals surface area contributed by atoms with E-state index in [9.17, 15) is 9.90 Å². The quantitative estimate of drug-likeness (QED) is 0.773. The van der Waals surface area contributed by atoms with Crippen LogP contribution in [0, 0.1) is 12.8 Å². The maximum atomic E-state index is 11.6. The molecule has 0 aliphatic heterocycles. The van der Waals surface area contributed by atoms with E-state index in [4.69, 9.17) is 0 Å². The molecule has 1 aromatic rings. The second-order valence-electron chi connectivity index (χ2n) is 4.95. The fourth-order valence-electron chi connectivity index (χ4n) is 1.68. The summed E-state index contributed by atoms with van der Waals surface area (Å²) in [5.41, 5.74) is 2.16. The second kappa shape index (κ2) is 7.74. The van der Waals surface area contributed by atoms with Gasteiger partial charge in [0.05, 0.1) is 6.10 Å². The van der Waals surface area contributed by atoms with Crippen LogP contribution in [0.5, 0.6) is 0 Å². The molecule has 0 aromatic heterocycles. The molecule has 104 valence electrons. The van der Waals surface area contributed by atoms with Gasteiger partial charge in [-0.3, -0.25) is 4.79 Å². The van der Waals surface area contributed by atoms with Gasteiger partial charge >= 0.3 is 0 Å². The summed E-state index contributed by atoms with van der Waals surface area (Å²) in [6, 6.07) is 7.93. The Morgan fingerprint density at radius 3 is 2.84 bits per heavy atom. The lowest BCUT2D eigenvalue weighted by Crippen LogP contribution is -2.34. The molecule has 2 atom stereocenters. The molecule has 0 radical (unpaired) electrons. The Morgan fingerprint density at radius 2 is 2.21 bits per heavy atom. The van der Waals surface area contributed by atoms with Crippen molar-refractivity contribution in [2.45, 2.75) is 33.3 Å². The van der Waals surface area contributed by atoms with Gasteiger partial charge in [-0.25, -0.2) is 0 Å². The molecule has 1 amide bonds. The van der Waals surface area contributed by atoms with Gasteiger partial charge in [-0.15, -0.1) is 0 Å². The Morgan fingerprint density at radius 1 is 1.47 bits per heavy atom. The van der Waals surface area contributed by atoms with E-state index >= 15 is 0 Å². The molecule has 1 aromatic carbocycles. The number of aliphatic hydroxyl groups excluding tert-OH is 1. The number of hydrogen-bond donors (Lipinski definition) is 2. The smallest absolute Gasteiger partial charge is 0.244 e. The standard InChI is InChI=1S/C16H23NO2/c1-4-13(3)15(18)11-17-16(19)9-8-14-7-5-6-12(2)10-14/h5-10,13,15,18H,4,11H2,1-3H3,(H,17,19)/b9-8+. The van der Waals surface area contributed by atoms with Crippen LogP contribution in [-0.4, -0.2) is 23.7 Å². The molecule has 0 spiro atoms. The first kappa shape index (κ1) is 15.4. The maximum Gasteiger partial charge on any atom is 0.244 e. The van der Waals surface area contributed by atoms with E-state index in [2.05, 4.69) is 5.32 Å². The number of aliphatic hydroxyl groups is 1. The topological polar surface area (TPSA) is 49.3 Å². The molecule has 0 heterocycles. The maximum absolute atomic E-state index is 11.6. The minimum atomic E-state index is -0.485. The molecule has 1 rings (SSSR count). The predicted octanol–water partition coefficient (Wildman–Crippen LogP) is 2.53. The van der Waals surface area contributed by atoms with Crippen molar-refractivity contribution >= 4 is 12.0 Å². The zero-order chi connectivity index (χ0) is 14.3. The van der Waals surface area contributed by atoms with Gasteiger partial charge in [-0.1, -0.05) is 50.1 Å². The SMILES string of the molecule is CCC(C)C(O)CNC(=O)/C=C/c1cccc(C)c1. The van der Waals surface area contributed by atoms with E-state index in [1.54, 1.807) is 6.08 Å². The number of nitrogens with one attached hydrogen (secondary N) is 1. The van der Waals surface area contributed by atoms with Crippen LogP contribution in [-0.2, 0) is 4.79 Å². The van der Waals surface area contributed by atoms with Crippen LogP contribution in [0.4, 0.5) is 0 Å². The number of rotatable bonds is 6. The van der Waals surface area contributed by atoms with Crippen molar-refractivity contribution in [2.24, 2.45) is 5.92 Å². The number of benzene rings is 1. The molecule has 0 saturated carbocycles. The van der Waals surface area contributed by atoms with E-state index in [1.807, 2.05) is 45.0 Å². The van der Waals surface area contributed by atoms with E-state index in [1.165, 1.54) is 6.08 Å². The first-order valence-corrected chi connectivity index (χ1v) is 6.73. The predicted molar refractivity (Wildman–Crippen MR) is 78.7 cm³/mol. The molecule has 2 unspecified atom stereocenters. The highest BCUT2D eigenvalue weighted by atomic mass is 16.3. The monoisotopic (exact) mass is 261 g/mol. The third-order valence-corrected chi connectivity index (χ3v) is 3.26. The van der Waals surface area contributed by atoms with Gasteiger partial charge in [0.25, 0.3) is 0 Å². The summed E-state index contributed by atoms with van der Waals surface area (Å²) in [5.74, 6) is 0.0184. The number of aryl methyl sites for hydroxylation is 1. The van der Waals surface area contributed by atoms with Crippen molar-refractivity contribution < 1.29 is 9.90 Å². The van der Waals surface area contributed by atoms with Crippen LogP contribution in [0.1, 0.15) is 31.4 Å². The fourth-order valence-corrected chi connectivity index (χ4v) is 1.68.